The zero-order valence-electron chi connectivity index (χ0n) is 14.4. The largest absolute Gasteiger partial charge is 0.477 e. The van der Waals surface area contributed by atoms with Gasteiger partial charge in [0.05, 0.1) is 0 Å². The second kappa shape index (κ2) is 8.02. The van der Waals surface area contributed by atoms with Crippen molar-refractivity contribution >= 4 is 52.6 Å². The van der Waals surface area contributed by atoms with Gasteiger partial charge < -0.3 is 20.4 Å². The minimum Gasteiger partial charge on any atom is -0.477 e. The lowest BCUT2D eigenvalue weighted by atomic mass is 10.0. The average molecular weight is 425 g/mol. The Morgan fingerprint density at radius 2 is 2.18 bits per heavy atom. The summed E-state index contributed by atoms with van der Waals surface area (Å²) in [7, 11) is 0. The molecule has 3 rings (SSSR count). The van der Waals surface area contributed by atoms with Crippen LogP contribution < -0.4 is 5.32 Å². The lowest BCUT2D eigenvalue weighted by Crippen LogP contribution is -2.71. The Morgan fingerprint density at radius 1 is 1.43 bits per heavy atom. The highest BCUT2D eigenvalue weighted by Crippen LogP contribution is 2.40. The molecule has 1 aromatic heterocycles. The first-order chi connectivity index (χ1) is 13.3. The molecule has 0 radical (unpaired) electrons. The zero-order chi connectivity index (χ0) is 20.4. The Labute approximate surface area is 166 Å². The van der Waals surface area contributed by atoms with Crippen LogP contribution in [-0.4, -0.2) is 68.5 Å². The molecule has 0 aliphatic carbocycles. The van der Waals surface area contributed by atoms with E-state index in [1.54, 1.807) is 16.8 Å². The second-order valence-corrected chi connectivity index (χ2v) is 7.74. The van der Waals surface area contributed by atoms with E-state index in [1.807, 2.05) is 0 Å². The summed E-state index contributed by atoms with van der Waals surface area (Å²) in [6, 6.07) is 0.633. The molecule has 12 heteroatoms. The van der Waals surface area contributed by atoms with Crippen LogP contribution in [0.2, 0.25) is 0 Å². The van der Waals surface area contributed by atoms with E-state index >= 15 is 0 Å². The molecule has 2 aliphatic heterocycles. The molecule has 0 bridgehead atoms. The summed E-state index contributed by atoms with van der Waals surface area (Å²) in [5, 5.41) is 26.8. The van der Waals surface area contributed by atoms with Gasteiger partial charge in [-0.25, -0.2) is 4.79 Å². The smallest absolute Gasteiger partial charge is 0.352 e. The van der Waals surface area contributed by atoms with Crippen LogP contribution in [-0.2, 0) is 23.9 Å². The number of ether oxygens (including phenoxy) is 1. The number of amides is 2. The average Bonchev–Trinajstić information content (AvgIpc) is 3.18. The predicted octanol–water partition coefficient (Wildman–Crippen LogP) is 0.228. The summed E-state index contributed by atoms with van der Waals surface area (Å²) in [5.41, 5.74) is 0.227. The van der Waals surface area contributed by atoms with Crippen LogP contribution in [0.5, 0.6) is 0 Å². The van der Waals surface area contributed by atoms with Crippen LogP contribution in [0.15, 0.2) is 33.3 Å². The van der Waals surface area contributed by atoms with Crippen molar-refractivity contribution in [2.45, 2.75) is 18.3 Å². The van der Waals surface area contributed by atoms with Crippen molar-refractivity contribution in [2.75, 3.05) is 12.4 Å². The molecule has 10 nitrogen and oxygen atoms in total. The fourth-order valence-electron chi connectivity index (χ4n) is 2.83. The molecule has 0 aromatic carbocycles. The van der Waals surface area contributed by atoms with E-state index in [0.29, 0.717) is 11.1 Å². The first kappa shape index (κ1) is 19.9. The third-order valence-corrected chi connectivity index (χ3v) is 6.12. The van der Waals surface area contributed by atoms with Gasteiger partial charge in [-0.2, -0.15) is 11.3 Å². The molecule has 148 valence electrons. The fourth-order valence-corrected chi connectivity index (χ4v) is 4.79. The van der Waals surface area contributed by atoms with Crippen LogP contribution in [0, 0.1) is 0 Å². The number of oxime groups is 1. The van der Waals surface area contributed by atoms with Gasteiger partial charge in [0.25, 0.3) is 11.8 Å². The maximum absolute atomic E-state index is 12.5. The number of esters is 1. The first-order valence-corrected chi connectivity index (χ1v) is 9.93. The number of fused-ring (bicyclic) bond motifs is 1. The molecule has 2 atom stereocenters. The Bertz CT molecular complexity index is 894. The molecule has 28 heavy (non-hydrogen) atoms. The predicted molar refractivity (Wildman–Crippen MR) is 99.0 cm³/mol. The van der Waals surface area contributed by atoms with Gasteiger partial charge in [-0.15, -0.1) is 11.8 Å². The van der Waals surface area contributed by atoms with Crippen LogP contribution in [0.4, 0.5) is 0 Å². The number of nitrogens with zero attached hydrogens (tertiary/aromatic N) is 2. The summed E-state index contributed by atoms with van der Waals surface area (Å²) in [5.74, 6) is -3.01. The molecule has 1 fully saturated rings. The molecular formula is C16H15N3O7S2. The SMILES string of the molecule is CC(=O)OCC1=C(C(=O)O)N2C(=O)[C@@H](NC(=O)C(=NO)c3ccsc3)[C@H]2SC1. The summed E-state index contributed by atoms with van der Waals surface area (Å²) in [4.78, 5) is 48.6. The molecule has 3 heterocycles. The van der Waals surface area contributed by atoms with Crippen molar-refractivity contribution in [1.82, 2.24) is 10.2 Å². The Hall–Kier alpha value is -2.86. The third kappa shape index (κ3) is 3.60. The Kier molecular flexibility index (Phi) is 5.70. The number of thiophene rings is 1. The molecule has 1 saturated heterocycles. The number of carboxylic acids is 1. The van der Waals surface area contributed by atoms with Gasteiger partial charge in [-0.05, 0) is 11.4 Å². The maximum Gasteiger partial charge on any atom is 0.352 e. The van der Waals surface area contributed by atoms with E-state index in [1.165, 1.54) is 30.0 Å². The van der Waals surface area contributed by atoms with Crippen LogP contribution in [0.3, 0.4) is 0 Å². The molecule has 0 saturated carbocycles. The molecule has 0 unspecified atom stereocenters. The first-order valence-electron chi connectivity index (χ1n) is 7.94. The Morgan fingerprint density at radius 3 is 2.75 bits per heavy atom. The molecule has 0 spiro atoms. The van der Waals surface area contributed by atoms with Gasteiger partial charge in [0.1, 0.15) is 23.7 Å². The number of nitrogens with one attached hydrogen (secondary N) is 1. The molecular weight excluding hydrogens is 410 g/mol. The summed E-state index contributed by atoms with van der Waals surface area (Å²) in [6.45, 7) is 0.977. The number of hydrogen-bond donors (Lipinski definition) is 3. The highest BCUT2D eigenvalue weighted by atomic mass is 32.2. The standard InChI is InChI=1S/C16H15N3O7S2/c1-7(20)26-4-9-6-28-15-11(14(22)19(15)12(9)16(23)24)17-13(21)10(18-25)8-2-3-27-5-8/h2-3,5,11,15,25H,4,6H2,1H3,(H,17,21)(H,23,24)/t11-,15-/m1/s1. The number of carbonyl (C=O) groups is 4. The van der Waals surface area contributed by atoms with Crippen LogP contribution in [0.25, 0.3) is 0 Å². The highest BCUT2D eigenvalue weighted by molar-refractivity contribution is 8.00. The topological polar surface area (TPSA) is 146 Å². The molecule has 3 N–H and O–H groups in total. The maximum atomic E-state index is 12.5. The number of rotatable bonds is 6. The van der Waals surface area contributed by atoms with Crippen molar-refractivity contribution in [1.29, 1.82) is 0 Å². The normalized spacial score (nSPS) is 21.7. The van der Waals surface area contributed by atoms with Crippen LogP contribution in [0.1, 0.15) is 12.5 Å². The molecule has 2 aliphatic rings. The minimum absolute atomic E-state index is 0.223. The number of carboxylic acid groups (broad SMARTS) is 1. The van der Waals surface area contributed by atoms with Crippen molar-refractivity contribution < 1.29 is 34.2 Å². The van der Waals surface area contributed by atoms with E-state index < -0.39 is 35.2 Å². The van der Waals surface area contributed by atoms with E-state index in [9.17, 15) is 24.3 Å². The van der Waals surface area contributed by atoms with E-state index in [2.05, 4.69) is 10.5 Å². The Balaban J connectivity index is 1.76. The van der Waals surface area contributed by atoms with Crippen molar-refractivity contribution in [3.05, 3.63) is 33.7 Å². The molecule has 2 amide bonds. The third-order valence-electron chi connectivity index (χ3n) is 4.10. The van der Waals surface area contributed by atoms with Gasteiger partial charge in [0, 0.05) is 29.2 Å². The van der Waals surface area contributed by atoms with E-state index in [4.69, 9.17) is 9.94 Å². The number of thioether (sulfide) groups is 1. The molecule has 1 aromatic rings. The number of carbonyl (C=O) groups excluding carboxylic acids is 3. The quantitative estimate of drug-likeness (QED) is 0.193. The van der Waals surface area contributed by atoms with Crippen molar-refractivity contribution in [3.8, 4) is 0 Å². The van der Waals surface area contributed by atoms with Gasteiger partial charge in [-0.3, -0.25) is 19.3 Å². The highest BCUT2D eigenvalue weighted by Gasteiger charge is 2.54. The summed E-state index contributed by atoms with van der Waals surface area (Å²) < 4.78 is 4.86. The second-order valence-electron chi connectivity index (χ2n) is 5.86. The minimum atomic E-state index is -1.32. The van der Waals surface area contributed by atoms with E-state index in [-0.39, 0.29) is 23.8 Å². The van der Waals surface area contributed by atoms with Gasteiger partial charge >= 0.3 is 11.9 Å². The lowest BCUT2D eigenvalue weighted by Gasteiger charge is -2.49. The fraction of sp³-hybridized carbons (Fsp3) is 0.312. The van der Waals surface area contributed by atoms with Gasteiger partial charge in [0.15, 0.2) is 5.71 Å². The van der Waals surface area contributed by atoms with Gasteiger partial charge in [0.2, 0.25) is 0 Å². The monoisotopic (exact) mass is 425 g/mol. The lowest BCUT2D eigenvalue weighted by molar-refractivity contribution is -0.150. The number of aliphatic carboxylic acids is 1. The van der Waals surface area contributed by atoms with Crippen molar-refractivity contribution in [3.63, 3.8) is 0 Å². The summed E-state index contributed by atoms with van der Waals surface area (Å²) >= 11 is 2.55. The van der Waals surface area contributed by atoms with Crippen LogP contribution >= 0.6 is 23.1 Å². The summed E-state index contributed by atoms with van der Waals surface area (Å²) in [6.07, 6.45) is 0. The zero-order valence-corrected chi connectivity index (χ0v) is 16.1. The van der Waals surface area contributed by atoms with Crippen molar-refractivity contribution in [2.24, 2.45) is 5.16 Å². The number of β-lactam (4-membered cyclic amide) rings is 1. The van der Waals surface area contributed by atoms with E-state index in [0.717, 1.165) is 4.90 Å². The van der Waals surface area contributed by atoms with Gasteiger partial charge in [-0.1, -0.05) is 5.16 Å². The number of hydrogen-bond acceptors (Lipinski definition) is 9.